The lowest BCUT2D eigenvalue weighted by Crippen LogP contribution is -2.59. The maximum Gasteiger partial charge on any atom is 0.340 e. The lowest BCUT2D eigenvalue weighted by Gasteiger charge is -2.45. The van der Waals surface area contributed by atoms with Crippen LogP contribution >= 0.6 is 0 Å². The Bertz CT molecular complexity index is 1440. The van der Waals surface area contributed by atoms with Crippen molar-refractivity contribution in [3.05, 3.63) is 47.7 Å². The Hall–Kier alpha value is -3.36. The summed E-state index contributed by atoms with van der Waals surface area (Å²) in [6.07, 6.45) is -1.09. The number of halogens is 5. The first-order valence-electron chi connectivity index (χ1n) is 12.4. The molecule has 218 valence electrons. The first-order valence-corrected chi connectivity index (χ1v) is 14.0. The van der Waals surface area contributed by atoms with Crippen molar-refractivity contribution in [3.8, 4) is 5.75 Å². The number of hydrogen-bond acceptors (Lipinski definition) is 8. The number of fused-ring (bicyclic) bond motifs is 1. The van der Waals surface area contributed by atoms with Crippen molar-refractivity contribution in [3.63, 3.8) is 0 Å². The highest BCUT2D eigenvalue weighted by Crippen LogP contribution is 2.46. The number of carbonyl (C=O) groups excluding carboxylic acids is 1. The molecule has 0 aromatic carbocycles. The van der Waals surface area contributed by atoms with E-state index in [1.54, 1.807) is 20.8 Å². The lowest BCUT2D eigenvalue weighted by molar-refractivity contribution is -0.148. The average Bonchev–Trinajstić information content (AvgIpc) is 3.11. The van der Waals surface area contributed by atoms with Crippen LogP contribution < -0.4 is 15.8 Å². The zero-order valence-electron chi connectivity index (χ0n) is 22.0. The minimum absolute atomic E-state index is 0.0583. The van der Waals surface area contributed by atoms with Crippen LogP contribution in [0.25, 0.3) is 0 Å². The van der Waals surface area contributed by atoms with E-state index in [0.29, 0.717) is 19.4 Å². The molecule has 3 atom stereocenters. The second kappa shape index (κ2) is 10.6. The first-order chi connectivity index (χ1) is 18.6. The van der Waals surface area contributed by atoms with Gasteiger partial charge >= 0.3 is 12.3 Å². The summed E-state index contributed by atoms with van der Waals surface area (Å²) >= 11 is 0. The van der Waals surface area contributed by atoms with Gasteiger partial charge in [-0.3, -0.25) is 9.79 Å². The summed E-state index contributed by atoms with van der Waals surface area (Å²) in [5, 5.41) is 1.79. The number of aliphatic imine (C=N–C) groups is 1. The van der Waals surface area contributed by atoms with Gasteiger partial charge in [0, 0.05) is 6.54 Å². The lowest BCUT2D eigenvalue weighted by atomic mass is 9.88. The molecule has 1 amide bonds. The number of rotatable bonds is 7. The van der Waals surface area contributed by atoms with Gasteiger partial charge in [-0.25, -0.2) is 31.7 Å². The zero-order valence-corrected chi connectivity index (χ0v) is 22.8. The Balaban J connectivity index is 1.60. The van der Waals surface area contributed by atoms with Crippen molar-refractivity contribution in [2.75, 3.05) is 18.5 Å². The predicted molar refractivity (Wildman–Crippen MR) is 139 cm³/mol. The molecule has 2 aromatic rings. The van der Waals surface area contributed by atoms with Crippen LogP contribution in [0.15, 0.2) is 39.8 Å². The highest BCUT2D eigenvalue weighted by molar-refractivity contribution is 7.96. The van der Waals surface area contributed by atoms with Gasteiger partial charge < -0.3 is 15.8 Å². The minimum Gasteiger partial charge on any atom is -0.485 e. The van der Waals surface area contributed by atoms with E-state index in [4.69, 9.17) is 5.73 Å². The summed E-state index contributed by atoms with van der Waals surface area (Å²) in [6.45, 7) is 3.85. The van der Waals surface area contributed by atoms with E-state index in [1.165, 1.54) is 6.07 Å². The molecule has 2 aromatic heterocycles. The number of carbonyl (C=O) groups is 1. The third-order valence-corrected chi connectivity index (χ3v) is 10.9. The topological polar surface area (TPSA) is 132 Å². The van der Waals surface area contributed by atoms with E-state index in [-0.39, 0.29) is 28.8 Å². The van der Waals surface area contributed by atoms with Gasteiger partial charge in [0.15, 0.2) is 6.61 Å². The van der Waals surface area contributed by atoms with E-state index in [1.807, 2.05) is 0 Å². The Labute approximate surface area is 228 Å². The van der Waals surface area contributed by atoms with Gasteiger partial charge in [-0.2, -0.15) is 8.78 Å². The van der Waals surface area contributed by atoms with Crippen LogP contribution in [-0.4, -0.2) is 61.4 Å². The molecular formula is C25H29F5N6O3S. The van der Waals surface area contributed by atoms with Crippen molar-refractivity contribution in [2.24, 2.45) is 15.1 Å². The molecule has 0 bridgehead atoms. The molecule has 40 heavy (non-hydrogen) atoms. The molecule has 0 radical (unpaired) electrons. The SMILES string of the molecule is CC1(C)C(N)=N[C@](C)(c2nc(NC(=O)c3ccc(OCC(F)(F)C(F)F)cn3)ccc2F)[C@@H]2CCCCN=[S@@]21=O. The number of alkyl halides is 4. The van der Waals surface area contributed by atoms with E-state index in [2.05, 4.69) is 29.4 Å². The number of ether oxygens (including phenoxy) is 1. The summed E-state index contributed by atoms with van der Waals surface area (Å²) in [6, 6.07) is 4.56. The van der Waals surface area contributed by atoms with Gasteiger partial charge in [0.1, 0.15) is 44.9 Å². The second-order valence-electron chi connectivity index (χ2n) is 10.3. The number of anilines is 1. The Morgan fingerprint density at radius 1 is 1.23 bits per heavy atom. The Morgan fingerprint density at radius 2 is 1.95 bits per heavy atom. The van der Waals surface area contributed by atoms with E-state index < -0.39 is 55.9 Å². The molecule has 0 aliphatic carbocycles. The quantitative estimate of drug-likeness (QED) is 0.457. The van der Waals surface area contributed by atoms with Crippen LogP contribution in [0.5, 0.6) is 5.75 Å². The molecule has 0 spiro atoms. The molecule has 0 saturated heterocycles. The molecular weight excluding hydrogens is 559 g/mol. The van der Waals surface area contributed by atoms with E-state index in [0.717, 1.165) is 30.8 Å². The Morgan fingerprint density at radius 3 is 2.60 bits per heavy atom. The van der Waals surface area contributed by atoms with Gasteiger partial charge in [0.25, 0.3) is 5.91 Å². The minimum atomic E-state index is -4.35. The third-order valence-electron chi connectivity index (χ3n) is 7.16. The van der Waals surface area contributed by atoms with Gasteiger partial charge in [-0.05, 0) is 57.9 Å². The van der Waals surface area contributed by atoms with Crippen LogP contribution in [-0.2, 0) is 15.3 Å². The highest BCUT2D eigenvalue weighted by Gasteiger charge is 2.56. The fourth-order valence-electron chi connectivity index (χ4n) is 4.70. The van der Waals surface area contributed by atoms with Crippen molar-refractivity contribution in [2.45, 2.75) is 67.9 Å². The smallest absolute Gasteiger partial charge is 0.340 e. The van der Waals surface area contributed by atoms with E-state index >= 15 is 4.39 Å². The molecule has 2 aliphatic rings. The predicted octanol–water partition coefficient (Wildman–Crippen LogP) is 4.53. The van der Waals surface area contributed by atoms with Gasteiger partial charge in [0.05, 0.1) is 21.2 Å². The van der Waals surface area contributed by atoms with Crippen LogP contribution in [0.2, 0.25) is 0 Å². The van der Waals surface area contributed by atoms with Crippen molar-refractivity contribution < 1.29 is 35.7 Å². The normalized spacial score (nSPS) is 26.2. The molecule has 2 aliphatic heterocycles. The zero-order chi connectivity index (χ0) is 29.5. The first kappa shape index (κ1) is 29.6. The summed E-state index contributed by atoms with van der Waals surface area (Å²) in [4.78, 5) is 25.5. The van der Waals surface area contributed by atoms with Crippen molar-refractivity contribution >= 4 is 27.3 Å². The fourth-order valence-corrected chi connectivity index (χ4v) is 7.93. The number of pyridine rings is 2. The number of nitrogens with zero attached hydrogens (tertiary/aromatic N) is 4. The third kappa shape index (κ3) is 5.22. The van der Waals surface area contributed by atoms with Gasteiger partial charge in [-0.1, -0.05) is 6.42 Å². The van der Waals surface area contributed by atoms with Crippen LogP contribution in [0.1, 0.15) is 56.2 Å². The number of amidine groups is 1. The monoisotopic (exact) mass is 588 g/mol. The van der Waals surface area contributed by atoms with Crippen molar-refractivity contribution in [1.29, 1.82) is 0 Å². The molecule has 0 fully saturated rings. The summed E-state index contributed by atoms with van der Waals surface area (Å²) in [5.74, 6) is -6.10. The number of nitrogens with two attached hydrogens (primary N) is 1. The van der Waals surface area contributed by atoms with Gasteiger partial charge in [0.2, 0.25) is 0 Å². The molecule has 9 nitrogen and oxygen atoms in total. The Kier molecular flexibility index (Phi) is 7.82. The fraction of sp³-hybridized carbons (Fsp3) is 0.520. The molecule has 3 N–H and O–H groups in total. The molecule has 15 heteroatoms. The summed E-state index contributed by atoms with van der Waals surface area (Å²) in [7, 11) is -3.01. The number of nitrogens with one attached hydrogen (secondary N) is 1. The number of hydrogen-bond donors (Lipinski definition) is 2. The average molecular weight is 589 g/mol. The van der Waals surface area contributed by atoms with Crippen LogP contribution in [0.3, 0.4) is 0 Å². The molecule has 4 rings (SSSR count). The molecule has 0 saturated carbocycles. The number of amides is 1. The largest absolute Gasteiger partial charge is 0.485 e. The standard InChI is InChI=1S/C25H29F5N6O3S/c1-23(2)22(31)36-24(3,17-6-4-5-11-33-40(17,23)38)19-15(26)8-10-18(34-19)35-20(37)16-9-7-14(12-32-16)39-13-25(29,30)21(27)28/h7-10,12,17,21H,4-6,11,13H2,1-3H3,(H2,31,36)(H,34,35,37)/t17-,24-,40+/m0/s1. The van der Waals surface area contributed by atoms with E-state index in [9.17, 15) is 26.6 Å². The maximum absolute atomic E-state index is 15.3. The summed E-state index contributed by atoms with van der Waals surface area (Å²) in [5.41, 5.74) is 4.50. The molecule has 4 heterocycles. The highest BCUT2D eigenvalue weighted by atomic mass is 32.2. The second-order valence-corrected chi connectivity index (χ2v) is 13.3. The van der Waals surface area contributed by atoms with Gasteiger partial charge in [-0.15, -0.1) is 0 Å². The van der Waals surface area contributed by atoms with Crippen LogP contribution in [0, 0.1) is 5.82 Å². The maximum atomic E-state index is 15.3. The summed E-state index contributed by atoms with van der Waals surface area (Å²) < 4.78 is 88.5. The van der Waals surface area contributed by atoms with Crippen molar-refractivity contribution in [1.82, 2.24) is 9.97 Å². The van der Waals surface area contributed by atoms with Crippen LogP contribution in [0.4, 0.5) is 27.8 Å². The number of aromatic nitrogens is 2. The molecule has 0 unspecified atom stereocenters.